The van der Waals surface area contributed by atoms with Gasteiger partial charge in [-0.1, -0.05) is 36.4 Å². The summed E-state index contributed by atoms with van der Waals surface area (Å²) >= 11 is 0. The summed E-state index contributed by atoms with van der Waals surface area (Å²) in [5.74, 6) is 2.34. The van der Waals surface area contributed by atoms with Crippen LogP contribution in [0.2, 0.25) is 0 Å². The molecule has 0 spiro atoms. The molecule has 1 aromatic heterocycles. The van der Waals surface area contributed by atoms with Crippen molar-refractivity contribution in [3.05, 3.63) is 65.5 Å². The van der Waals surface area contributed by atoms with Gasteiger partial charge in [0, 0.05) is 32.3 Å². The van der Waals surface area contributed by atoms with E-state index >= 15 is 0 Å². The average Bonchev–Trinajstić information content (AvgIpc) is 3.24. The molecule has 238 valence electrons. The molecule has 1 aliphatic carbocycles. The molecule has 0 unspecified atom stereocenters. The van der Waals surface area contributed by atoms with Crippen LogP contribution in [-0.4, -0.2) is 88.0 Å². The monoisotopic (exact) mass is 605 g/mol. The van der Waals surface area contributed by atoms with E-state index in [2.05, 4.69) is 46.2 Å². The van der Waals surface area contributed by atoms with Gasteiger partial charge in [-0.05, 0) is 69.4 Å². The maximum Gasteiger partial charge on any atom is 0.308 e. The molecule has 2 aliphatic rings. The summed E-state index contributed by atoms with van der Waals surface area (Å²) in [4.78, 5) is 28.4. The first-order valence-electron chi connectivity index (χ1n) is 15.8. The van der Waals surface area contributed by atoms with Gasteiger partial charge in [0.2, 0.25) is 0 Å². The minimum absolute atomic E-state index is 0.0493. The van der Waals surface area contributed by atoms with E-state index in [1.807, 2.05) is 38.1 Å². The molecular weight excluding hydrogens is 558 g/mol. The Balaban J connectivity index is 1.25. The van der Waals surface area contributed by atoms with Crippen molar-refractivity contribution in [1.29, 1.82) is 0 Å². The maximum atomic E-state index is 12.2. The van der Waals surface area contributed by atoms with Crippen molar-refractivity contribution in [3.63, 3.8) is 0 Å². The third kappa shape index (κ3) is 10.5. The van der Waals surface area contributed by atoms with Gasteiger partial charge in [0.25, 0.3) is 0 Å². The van der Waals surface area contributed by atoms with E-state index in [-0.39, 0.29) is 18.5 Å². The highest BCUT2D eigenvalue weighted by Gasteiger charge is 2.32. The fourth-order valence-electron chi connectivity index (χ4n) is 5.25. The van der Waals surface area contributed by atoms with Crippen LogP contribution in [0.15, 0.2) is 53.6 Å². The van der Waals surface area contributed by atoms with E-state index in [9.17, 15) is 4.79 Å². The number of carbonyl (C=O) groups excluding carboxylic acids is 1. The highest BCUT2D eigenvalue weighted by molar-refractivity contribution is 5.70. The van der Waals surface area contributed by atoms with Crippen molar-refractivity contribution >= 4 is 30.0 Å². The Labute approximate surface area is 261 Å². The highest BCUT2D eigenvalue weighted by Crippen LogP contribution is 2.31. The van der Waals surface area contributed by atoms with Gasteiger partial charge in [0.05, 0.1) is 39.5 Å². The first-order chi connectivity index (χ1) is 21.6. The summed E-state index contributed by atoms with van der Waals surface area (Å²) in [6.45, 7) is 13.2. The maximum absolute atomic E-state index is 12.2. The largest absolute Gasteiger partial charge is 0.462 e. The summed E-state index contributed by atoms with van der Waals surface area (Å²) < 4.78 is 21.7. The molecule has 1 N–H and O–H groups in total. The zero-order valence-electron chi connectivity index (χ0n) is 26.2. The lowest BCUT2D eigenvalue weighted by Crippen LogP contribution is -2.37. The summed E-state index contributed by atoms with van der Waals surface area (Å²) in [7, 11) is 0. The van der Waals surface area contributed by atoms with Crippen LogP contribution in [-0.2, 0) is 36.6 Å². The summed E-state index contributed by atoms with van der Waals surface area (Å²) in [6, 6.07) is 10.7. The van der Waals surface area contributed by atoms with E-state index in [0.717, 1.165) is 57.0 Å². The number of hydrogen-bond donors (Lipinski definition) is 1. The first kappa shape index (κ1) is 33.3. The molecule has 1 saturated carbocycles. The number of rotatable bonds is 18. The molecule has 2 aromatic rings. The Hall–Kier alpha value is -3.60. The Morgan fingerprint density at radius 1 is 1.05 bits per heavy atom. The van der Waals surface area contributed by atoms with E-state index in [4.69, 9.17) is 28.9 Å². The van der Waals surface area contributed by atoms with Crippen molar-refractivity contribution in [3.8, 4) is 0 Å². The fraction of sp³-hybridized carbons (Fsp3) is 0.529. The van der Waals surface area contributed by atoms with Gasteiger partial charge in [-0.2, -0.15) is 0 Å². The minimum atomic E-state index is -0.222. The number of ether oxygens (including phenoxy) is 4. The summed E-state index contributed by atoms with van der Waals surface area (Å²) in [6.07, 6.45) is 9.51. The normalized spacial score (nSPS) is 18.4. The van der Waals surface area contributed by atoms with Gasteiger partial charge in [-0.15, -0.1) is 0 Å². The zero-order chi connectivity index (χ0) is 31.0. The Morgan fingerprint density at radius 3 is 2.39 bits per heavy atom. The molecule has 44 heavy (non-hydrogen) atoms. The van der Waals surface area contributed by atoms with Gasteiger partial charge < -0.3 is 29.2 Å². The van der Waals surface area contributed by atoms with Gasteiger partial charge in [0.15, 0.2) is 5.82 Å². The second-order valence-electron chi connectivity index (χ2n) is 10.9. The van der Waals surface area contributed by atoms with Crippen LogP contribution in [0.25, 0.3) is 5.70 Å². The lowest BCUT2D eigenvalue weighted by atomic mass is 9.82. The Bertz CT molecular complexity index is 1230. The number of benzene rings is 1. The quantitative estimate of drug-likeness (QED) is 0.110. The van der Waals surface area contributed by atoms with Crippen LogP contribution in [0.4, 0.5) is 11.6 Å². The number of nitrogens with zero attached hydrogens (tertiary/aromatic N) is 4. The summed E-state index contributed by atoms with van der Waals surface area (Å²) in [5, 5.41) is 3.51. The molecule has 10 nitrogen and oxygen atoms in total. The molecule has 0 saturated heterocycles. The molecule has 2 heterocycles. The SMILES string of the molecule is C=N/C(=C\C=C/C)c1nc(NC[C@H]2C[C@@H](OC(=O)CCOCCOCCOCC)C2)cc(N2CCc3ccccc3CC2)n1. The average molecular weight is 606 g/mol. The molecule has 0 atom stereocenters. The van der Waals surface area contributed by atoms with Gasteiger partial charge in [-0.25, -0.2) is 9.97 Å². The number of aliphatic imine (C=N–C) groups is 1. The van der Waals surface area contributed by atoms with Gasteiger partial charge >= 0.3 is 5.97 Å². The van der Waals surface area contributed by atoms with Crippen LogP contribution >= 0.6 is 0 Å². The van der Waals surface area contributed by atoms with Crippen molar-refractivity contribution in [2.45, 2.75) is 52.1 Å². The Kier molecular flexibility index (Phi) is 13.8. The number of carbonyl (C=O) groups is 1. The molecule has 10 heteroatoms. The van der Waals surface area contributed by atoms with E-state index < -0.39 is 0 Å². The standard InChI is InChI=1S/C34H47N5O5/c1-4-6-11-30(35-3)34-37-31(24-32(38-34)39-15-12-27-9-7-8-10-28(27)13-16-39)36-25-26-22-29(23-26)44-33(40)14-17-42-20-21-43-19-18-41-5-2/h4,6-11,24,26,29H,3,5,12-23,25H2,1-2H3,(H,36,37,38)/b6-4-,30-11-/t26-,29+. The van der Waals surface area contributed by atoms with Gasteiger partial charge in [-0.3, -0.25) is 9.79 Å². The van der Waals surface area contributed by atoms with Crippen LogP contribution in [0.1, 0.15) is 50.1 Å². The van der Waals surface area contributed by atoms with Crippen LogP contribution < -0.4 is 10.2 Å². The lowest BCUT2D eigenvalue weighted by Gasteiger charge is -2.35. The molecule has 0 radical (unpaired) electrons. The number of anilines is 2. The lowest BCUT2D eigenvalue weighted by molar-refractivity contribution is -0.156. The second-order valence-corrected chi connectivity index (χ2v) is 10.9. The number of allylic oxidation sites excluding steroid dienone is 3. The predicted octanol–water partition coefficient (Wildman–Crippen LogP) is 4.89. The van der Waals surface area contributed by atoms with E-state index in [1.54, 1.807) is 0 Å². The van der Waals surface area contributed by atoms with Crippen LogP contribution in [0, 0.1) is 5.92 Å². The highest BCUT2D eigenvalue weighted by atomic mass is 16.6. The molecule has 1 aliphatic heterocycles. The molecule has 0 bridgehead atoms. The molecular formula is C34H47N5O5. The molecule has 1 aromatic carbocycles. The number of esters is 1. The number of nitrogens with one attached hydrogen (secondary N) is 1. The third-order valence-electron chi connectivity index (χ3n) is 7.76. The van der Waals surface area contributed by atoms with Crippen molar-refractivity contribution < 1.29 is 23.7 Å². The molecule has 1 fully saturated rings. The summed E-state index contributed by atoms with van der Waals surface area (Å²) in [5.41, 5.74) is 3.42. The smallest absolute Gasteiger partial charge is 0.308 e. The topological polar surface area (TPSA) is 107 Å². The number of hydrogen-bond acceptors (Lipinski definition) is 10. The molecule has 0 amide bonds. The first-order valence-corrected chi connectivity index (χ1v) is 15.8. The third-order valence-corrected chi connectivity index (χ3v) is 7.76. The number of aromatic nitrogens is 2. The van der Waals surface area contributed by atoms with Crippen molar-refractivity contribution in [2.24, 2.45) is 10.9 Å². The minimum Gasteiger partial charge on any atom is -0.462 e. The van der Waals surface area contributed by atoms with E-state index in [1.165, 1.54) is 11.1 Å². The molecule has 4 rings (SSSR count). The van der Waals surface area contributed by atoms with Crippen LogP contribution in [0.5, 0.6) is 0 Å². The second kappa shape index (κ2) is 18.3. The number of fused-ring (bicyclic) bond motifs is 1. The van der Waals surface area contributed by atoms with Crippen LogP contribution in [0.3, 0.4) is 0 Å². The van der Waals surface area contributed by atoms with E-state index in [0.29, 0.717) is 57.1 Å². The Morgan fingerprint density at radius 2 is 1.73 bits per heavy atom. The van der Waals surface area contributed by atoms with Gasteiger partial charge in [0.1, 0.15) is 23.4 Å². The van der Waals surface area contributed by atoms with Crippen molar-refractivity contribution in [2.75, 3.05) is 69.5 Å². The van der Waals surface area contributed by atoms with Crippen molar-refractivity contribution in [1.82, 2.24) is 9.97 Å². The fourth-order valence-corrected chi connectivity index (χ4v) is 5.25. The zero-order valence-corrected chi connectivity index (χ0v) is 26.2. The predicted molar refractivity (Wildman–Crippen MR) is 174 cm³/mol.